The summed E-state index contributed by atoms with van der Waals surface area (Å²) < 4.78 is 2.12. The summed E-state index contributed by atoms with van der Waals surface area (Å²) in [5, 5.41) is 0.732. The van der Waals surface area contributed by atoms with Crippen LogP contribution in [0.2, 0.25) is 5.02 Å². The van der Waals surface area contributed by atoms with Crippen molar-refractivity contribution >= 4 is 60.5 Å². The summed E-state index contributed by atoms with van der Waals surface area (Å²) in [5.74, 6) is 0. The van der Waals surface area contributed by atoms with E-state index < -0.39 is 0 Å². The van der Waals surface area contributed by atoms with E-state index in [4.69, 9.17) is 11.6 Å². The van der Waals surface area contributed by atoms with E-state index in [1.165, 1.54) is 0 Å². The molecule has 3 rings (SSSR count). The molecular weight excluding hydrogens is 425 g/mol. The number of halogens is 3. The quantitative estimate of drug-likeness (QED) is 0.414. The molecule has 0 atom stereocenters. The predicted molar refractivity (Wildman–Crippen MR) is 102 cm³/mol. The highest BCUT2D eigenvalue weighted by Crippen LogP contribution is 2.35. The lowest BCUT2D eigenvalue weighted by Gasteiger charge is -2.25. The van der Waals surface area contributed by atoms with E-state index in [-0.39, 0.29) is 0 Å². The Labute approximate surface area is 151 Å². The average Bonchev–Trinajstić information content (AvgIpc) is 2.53. The third-order valence-corrected chi connectivity index (χ3v) is 4.56. The number of nitrogens with zero attached hydrogens (tertiary/aromatic N) is 1. The number of anilines is 3. The minimum atomic E-state index is 0.732. The maximum Gasteiger partial charge on any atom is 0.0462 e. The van der Waals surface area contributed by atoms with Gasteiger partial charge in [0.1, 0.15) is 0 Å². The molecule has 1 nitrogen and oxygen atoms in total. The van der Waals surface area contributed by atoms with Gasteiger partial charge >= 0.3 is 0 Å². The maximum absolute atomic E-state index is 6.02. The van der Waals surface area contributed by atoms with Crippen molar-refractivity contribution in [1.82, 2.24) is 0 Å². The van der Waals surface area contributed by atoms with Crippen molar-refractivity contribution in [1.29, 1.82) is 0 Å². The van der Waals surface area contributed by atoms with Gasteiger partial charge in [0.25, 0.3) is 0 Å². The second-order valence-electron chi connectivity index (χ2n) is 4.76. The van der Waals surface area contributed by atoms with Crippen molar-refractivity contribution in [3.8, 4) is 0 Å². The van der Waals surface area contributed by atoms with Crippen molar-refractivity contribution < 1.29 is 0 Å². The van der Waals surface area contributed by atoms with E-state index in [1.807, 2.05) is 48.5 Å². The molecule has 0 unspecified atom stereocenters. The molecule has 0 radical (unpaired) electrons. The molecule has 0 saturated carbocycles. The van der Waals surface area contributed by atoms with Gasteiger partial charge in [-0.3, -0.25) is 0 Å². The molecule has 0 bridgehead atoms. The van der Waals surface area contributed by atoms with Gasteiger partial charge in [0, 0.05) is 31.0 Å². The van der Waals surface area contributed by atoms with Crippen LogP contribution in [0.25, 0.3) is 0 Å². The molecule has 0 heterocycles. The summed E-state index contributed by atoms with van der Waals surface area (Å²) in [7, 11) is 0. The van der Waals surface area contributed by atoms with Crippen LogP contribution in [0, 0.1) is 0 Å². The van der Waals surface area contributed by atoms with Crippen molar-refractivity contribution in [2.45, 2.75) is 0 Å². The third kappa shape index (κ3) is 3.54. The van der Waals surface area contributed by atoms with Gasteiger partial charge in [-0.15, -0.1) is 0 Å². The molecule has 3 aromatic carbocycles. The first-order chi connectivity index (χ1) is 10.6. The Morgan fingerprint density at radius 2 is 0.864 bits per heavy atom. The Bertz CT molecular complexity index is 644. The van der Waals surface area contributed by atoms with E-state index in [2.05, 4.69) is 61.0 Å². The zero-order chi connectivity index (χ0) is 15.5. The van der Waals surface area contributed by atoms with E-state index >= 15 is 0 Å². The highest BCUT2D eigenvalue weighted by Gasteiger charge is 2.12. The van der Waals surface area contributed by atoms with Gasteiger partial charge < -0.3 is 4.90 Å². The molecule has 0 aliphatic carbocycles. The molecule has 110 valence electrons. The Kier molecular flexibility index (Phi) is 4.87. The molecule has 0 amide bonds. The first kappa shape index (κ1) is 15.6. The minimum absolute atomic E-state index is 0.732. The molecule has 22 heavy (non-hydrogen) atoms. The van der Waals surface area contributed by atoms with Gasteiger partial charge in [0.2, 0.25) is 0 Å². The van der Waals surface area contributed by atoms with Crippen molar-refractivity contribution in [3.05, 3.63) is 86.8 Å². The Hall–Kier alpha value is -1.29. The molecule has 0 aliphatic rings. The summed E-state index contributed by atoms with van der Waals surface area (Å²) in [6, 6.07) is 24.3. The smallest absolute Gasteiger partial charge is 0.0462 e. The fraction of sp³-hybridized carbons (Fsp3) is 0. The second kappa shape index (κ2) is 6.86. The molecule has 3 aromatic rings. The van der Waals surface area contributed by atoms with Crippen LogP contribution in [0.3, 0.4) is 0 Å². The van der Waals surface area contributed by atoms with Crippen molar-refractivity contribution in [3.63, 3.8) is 0 Å². The fourth-order valence-electron chi connectivity index (χ4n) is 2.22. The van der Waals surface area contributed by atoms with Gasteiger partial charge in [0.15, 0.2) is 0 Å². The number of hydrogen-bond donors (Lipinski definition) is 0. The maximum atomic E-state index is 6.02. The Balaban J connectivity index is 2.10. The molecule has 0 fully saturated rings. The average molecular weight is 438 g/mol. The molecular formula is C18H12Br2ClN. The summed E-state index contributed by atoms with van der Waals surface area (Å²) in [5.41, 5.74) is 3.25. The van der Waals surface area contributed by atoms with Gasteiger partial charge in [-0.2, -0.15) is 0 Å². The monoisotopic (exact) mass is 435 g/mol. The third-order valence-electron chi connectivity index (χ3n) is 3.25. The van der Waals surface area contributed by atoms with Gasteiger partial charge in [-0.25, -0.2) is 0 Å². The van der Waals surface area contributed by atoms with Crippen LogP contribution >= 0.6 is 43.5 Å². The highest BCUT2D eigenvalue weighted by molar-refractivity contribution is 9.10. The normalized spacial score (nSPS) is 10.5. The first-order valence-corrected chi connectivity index (χ1v) is 8.67. The molecule has 0 N–H and O–H groups in total. The van der Waals surface area contributed by atoms with Crippen molar-refractivity contribution in [2.75, 3.05) is 4.90 Å². The van der Waals surface area contributed by atoms with E-state index in [1.54, 1.807) is 0 Å². The zero-order valence-electron chi connectivity index (χ0n) is 11.5. The molecule has 0 spiro atoms. The first-order valence-electron chi connectivity index (χ1n) is 6.70. The number of benzene rings is 3. The standard InChI is InChI=1S/C18H12Br2ClN/c19-13-1-7-16(8-2-13)22(17-9-3-14(20)4-10-17)18-11-5-15(21)6-12-18/h1-12H. The van der Waals surface area contributed by atoms with E-state index in [0.717, 1.165) is 31.0 Å². The largest absolute Gasteiger partial charge is 0.311 e. The topological polar surface area (TPSA) is 3.24 Å². The van der Waals surface area contributed by atoms with Crippen LogP contribution in [0.4, 0.5) is 17.1 Å². The lowest BCUT2D eigenvalue weighted by atomic mass is 10.2. The summed E-state index contributed by atoms with van der Waals surface area (Å²) >= 11 is 13.0. The zero-order valence-corrected chi connectivity index (χ0v) is 15.4. The van der Waals surface area contributed by atoms with Crippen LogP contribution in [0.15, 0.2) is 81.7 Å². The minimum Gasteiger partial charge on any atom is -0.311 e. The van der Waals surface area contributed by atoms with E-state index in [9.17, 15) is 0 Å². The Morgan fingerprint density at radius 1 is 0.545 bits per heavy atom. The van der Waals surface area contributed by atoms with Gasteiger partial charge in [-0.1, -0.05) is 43.5 Å². The number of rotatable bonds is 3. The Morgan fingerprint density at radius 3 is 1.23 bits per heavy atom. The predicted octanol–water partition coefficient (Wildman–Crippen LogP) is 7.33. The molecule has 0 aromatic heterocycles. The summed E-state index contributed by atoms with van der Waals surface area (Å²) in [6.07, 6.45) is 0. The SMILES string of the molecule is Clc1ccc(N(c2ccc(Br)cc2)c2ccc(Br)cc2)cc1. The van der Waals surface area contributed by atoms with Gasteiger partial charge in [-0.05, 0) is 72.8 Å². The van der Waals surface area contributed by atoms with E-state index in [0.29, 0.717) is 0 Å². The van der Waals surface area contributed by atoms with Crippen LogP contribution in [-0.2, 0) is 0 Å². The fourth-order valence-corrected chi connectivity index (χ4v) is 2.87. The lowest BCUT2D eigenvalue weighted by molar-refractivity contribution is 1.28. The summed E-state index contributed by atoms with van der Waals surface area (Å²) in [4.78, 5) is 2.19. The van der Waals surface area contributed by atoms with Crippen molar-refractivity contribution in [2.24, 2.45) is 0 Å². The second-order valence-corrected chi connectivity index (χ2v) is 7.03. The van der Waals surface area contributed by atoms with Gasteiger partial charge in [0.05, 0.1) is 0 Å². The highest BCUT2D eigenvalue weighted by atomic mass is 79.9. The van der Waals surface area contributed by atoms with Crippen LogP contribution in [-0.4, -0.2) is 0 Å². The van der Waals surface area contributed by atoms with Crippen LogP contribution < -0.4 is 4.90 Å². The van der Waals surface area contributed by atoms with Crippen LogP contribution in [0.5, 0.6) is 0 Å². The molecule has 0 aliphatic heterocycles. The molecule has 0 saturated heterocycles. The van der Waals surface area contributed by atoms with Crippen LogP contribution in [0.1, 0.15) is 0 Å². The summed E-state index contributed by atoms with van der Waals surface area (Å²) in [6.45, 7) is 0. The number of hydrogen-bond acceptors (Lipinski definition) is 1. The molecule has 4 heteroatoms. The lowest BCUT2D eigenvalue weighted by Crippen LogP contribution is -2.09.